The van der Waals surface area contributed by atoms with Gasteiger partial charge in [-0.3, -0.25) is 9.69 Å². The van der Waals surface area contributed by atoms with Crippen LogP contribution in [0.5, 0.6) is 0 Å². The standard InChI is InChI=1S/C17H33N3O/c1-13(2)20(14(3)4)17(21)12-19(16-5-6-16)11-15-7-9-18-10-8-15/h13-16,18H,5-12H2,1-4H3. The Morgan fingerprint density at radius 3 is 2.10 bits per heavy atom. The Bertz CT molecular complexity index is 325. The Morgan fingerprint density at radius 2 is 1.62 bits per heavy atom. The van der Waals surface area contributed by atoms with E-state index in [0.717, 1.165) is 25.6 Å². The number of hydrogen-bond donors (Lipinski definition) is 1. The molecular formula is C17H33N3O. The van der Waals surface area contributed by atoms with Crippen molar-refractivity contribution < 1.29 is 4.79 Å². The van der Waals surface area contributed by atoms with Crippen LogP contribution in [0.25, 0.3) is 0 Å². The van der Waals surface area contributed by atoms with Crippen LogP contribution in [-0.4, -0.2) is 60.0 Å². The molecule has 1 aliphatic carbocycles. The Morgan fingerprint density at radius 1 is 1.05 bits per heavy atom. The molecule has 0 unspecified atom stereocenters. The molecule has 0 radical (unpaired) electrons. The van der Waals surface area contributed by atoms with Crippen molar-refractivity contribution in [2.24, 2.45) is 5.92 Å². The normalized spacial score (nSPS) is 20.5. The van der Waals surface area contributed by atoms with Crippen LogP contribution in [0.15, 0.2) is 0 Å². The molecule has 0 bridgehead atoms. The highest BCUT2D eigenvalue weighted by Crippen LogP contribution is 2.29. The molecule has 122 valence electrons. The highest BCUT2D eigenvalue weighted by atomic mass is 16.2. The second-order valence-electron chi connectivity index (χ2n) is 7.34. The van der Waals surface area contributed by atoms with Crippen molar-refractivity contribution >= 4 is 5.91 Å². The molecule has 1 saturated carbocycles. The first-order valence-corrected chi connectivity index (χ1v) is 8.75. The van der Waals surface area contributed by atoms with E-state index < -0.39 is 0 Å². The molecule has 0 spiro atoms. The van der Waals surface area contributed by atoms with Crippen molar-refractivity contribution in [2.75, 3.05) is 26.2 Å². The SMILES string of the molecule is CC(C)N(C(=O)CN(CC1CCNCC1)C1CC1)C(C)C. The summed E-state index contributed by atoms with van der Waals surface area (Å²) in [5.74, 6) is 1.08. The van der Waals surface area contributed by atoms with Crippen LogP contribution in [0.3, 0.4) is 0 Å². The average Bonchev–Trinajstić information content (AvgIpc) is 3.22. The van der Waals surface area contributed by atoms with Gasteiger partial charge in [-0.15, -0.1) is 0 Å². The van der Waals surface area contributed by atoms with E-state index in [2.05, 4.69) is 37.9 Å². The van der Waals surface area contributed by atoms with Gasteiger partial charge in [-0.1, -0.05) is 0 Å². The van der Waals surface area contributed by atoms with Gasteiger partial charge in [-0.25, -0.2) is 0 Å². The lowest BCUT2D eigenvalue weighted by atomic mass is 9.97. The van der Waals surface area contributed by atoms with E-state index in [1.807, 2.05) is 4.90 Å². The molecule has 1 amide bonds. The molecule has 0 atom stereocenters. The topological polar surface area (TPSA) is 35.6 Å². The largest absolute Gasteiger partial charge is 0.337 e. The monoisotopic (exact) mass is 295 g/mol. The summed E-state index contributed by atoms with van der Waals surface area (Å²) >= 11 is 0. The van der Waals surface area contributed by atoms with Gasteiger partial charge in [0.1, 0.15) is 0 Å². The summed E-state index contributed by atoms with van der Waals surface area (Å²) in [6, 6.07) is 1.25. The summed E-state index contributed by atoms with van der Waals surface area (Å²) in [5.41, 5.74) is 0. The molecule has 2 fully saturated rings. The molecule has 1 N–H and O–H groups in total. The van der Waals surface area contributed by atoms with E-state index in [-0.39, 0.29) is 12.1 Å². The molecule has 2 rings (SSSR count). The first-order valence-electron chi connectivity index (χ1n) is 8.75. The van der Waals surface area contributed by atoms with Crippen LogP contribution in [0.4, 0.5) is 0 Å². The van der Waals surface area contributed by atoms with Crippen molar-refractivity contribution in [1.82, 2.24) is 15.1 Å². The minimum Gasteiger partial charge on any atom is -0.337 e. The quantitative estimate of drug-likeness (QED) is 0.781. The lowest BCUT2D eigenvalue weighted by Crippen LogP contribution is -2.48. The lowest BCUT2D eigenvalue weighted by molar-refractivity contribution is -0.136. The number of carbonyl (C=O) groups is 1. The van der Waals surface area contributed by atoms with E-state index in [0.29, 0.717) is 18.5 Å². The fourth-order valence-corrected chi connectivity index (χ4v) is 3.61. The Labute approximate surface area is 130 Å². The molecule has 0 aromatic rings. The van der Waals surface area contributed by atoms with Crippen LogP contribution in [0, 0.1) is 5.92 Å². The fraction of sp³-hybridized carbons (Fsp3) is 0.941. The van der Waals surface area contributed by atoms with Crippen LogP contribution >= 0.6 is 0 Å². The summed E-state index contributed by atoms with van der Waals surface area (Å²) < 4.78 is 0. The van der Waals surface area contributed by atoms with Gasteiger partial charge in [0, 0.05) is 24.7 Å². The maximum Gasteiger partial charge on any atom is 0.237 e. The summed E-state index contributed by atoms with van der Waals surface area (Å²) in [7, 11) is 0. The molecule has 4 nitrogen and oxygen atoms in total. The molecule has 0 aromatic heterocycles. The number of hydrogen-bond acceptors (Lipinski definition) is 3. The Kier molecular flexibility index (Phi) is 6.06. The third kappa shape index (κ3) is 4.96. The van der Waals surface area contributed by atoms with E-state index >= 15 is 0 Å². The predicted octanol–water partition coefficient (Wildman–Crippen LogP) is 2.10. The minimum atomic E-state index is 0.289. The number of piperidine rings is 1. The predicted molar refractivity (Wildman–Crippen MR) is 87.3 cm³/mol. The molecule has 21 heavy (non-hydrogen) atoms. The van der Waals surface area contributed by atoms with Gasteiger partial charge in [0.15, 0.2) is 0 Å². The molecular weight excluding hydrogens is 262 g/mol. The van der Waals surface area contributed by atoms with E-state index in [9.17, 15) is 4.79 Å². The number of carbonyl (C=O) groups excluding carboxylic acids is 1. The molecule has 1 aliphatic heterocycles. The van der Waals surface area contributed by atoms with E-state index in [4.69, 9.17) is 0 Å². The van der Waals surface area contributed by atoms with Gasteiger partial charge in [-0.2, -0.15) is 0 Å². The van der Waals surface area contributed by atoms with Crippen LogP contribution in [0.1, 0.15) is 53.4 Å². The van der Waals surface area contributed by atoms with Crippen molar-refractivity contribution in [3.05, 3.63) is 0 Å². The van der Waals surface area contributed by atoms with E-state index in [1.54, 1.807) is 0 Å². The lowest BCUT2D eigenvalue weighted by Gasteiger charge is -2.35. The van der Waals surface area contributed by atoms with Gasteiger partial charge < -0.3 is 10.2 Å². The van der Waals surface area contributed by atoms with Gasteiger partial charge in [0.25, 0.3) is 0 Å². The molecule has 2 aliphatic rings. The zero-order chi connectivity index (χ0) is 15.4. The Balaban J connectivity index is 1.90. The average molecular weight is 295 g/mol. The van der Waals surface area contributed by atoms with Crippen molar-refractivity contribution in [1.29, 1.82) is 0 Å². The van der Waals surface area contributed by atoms with Crippen molar-refractivity contribution in [2.45, 2.75) is 71.5 Å². The first kappa shape index (κ1) is 16.8. The third-order valence-corrected chi connectivity index (χ3v) is 4.75. The maximum absolute atomic E-state index is 12.7. The second kappa shape index (κ2) is 7.59. The zero-order valence-electron chi connectivity index (χ0n) is 14.3. The smallest absolute Gasteiger partial charge is 0.237 e. The number of rotatable bonds is 7. The van der Waals surface area contributed by atoms with Crippen LogP contribution < -0.4 is 5.32 Å². The van der Waals surface area contributed by atoms with E-state index in [1.165, 1.54) is 25.7 Å². The molecule has 1 saturated heterocycles. The highest BCUT2D eigenvalue weighted by molar-refractivity contribution is 5.79. The molecule has 1 heterocycles. The Hall–Kier alpha value is -0.610. The van der Waals surface area contributed by atoms with Gasteiger partial charge >= 0.3 is 0 Å². The number of amides is 1. The molecule has 4 heteroatoms. The first-order chi connectivity index (χ1) is 9.99. The summed E-state index contributed by atoms with van der Waals surface area (Å²) in [4.78, 5) is 17.2. The van der Waals surface area contributed by atoms with Gasteiger partial charge in [-0.05, 0) is 72.4 Å². The third-order valence-electron chi connectivity index (χ3n) is 4.75. The second-order valence-corrected chi connectivity index (χ2v) is 7.34. The highest BCUT2D eigenvalue weighted by Gasteiger charge is 2.33. The zero-order valence-corrected chi connectivity index (χ0v) is 14.3. The molecule has 0 aromatic carbocycles. The van der Waals surface area contributed by atoms with Crippen molar-refractivity contribution in [3.8, 4) is 0 Å². The van der Waals surface area contributed by atoms with Crippen molar-refractivity contribution in [3.63, 3.8) is 0 Å². The summed E-state index contributed by atoms with van der Waals surface area (Å²) in [5, 5.41) is 3.43. The number of nitrogens with one attached hydrogen (secondary N) is 1. The van der Waals surface area contributed by atoms with Gasteiger partial charge in [0.05, 0.1) is 6.54 Å². The van der Waals surface area contributed by atoms with Gasteiger partial charge in [0.2, 0.25) is 5.91 Å². The summed E-state index contributed by atoms with van der Waals surface area (Å²) in [6.07, 6.45) is 5.08. The maximum atomic E-state index is 12.7. The summed E-state index contributed by atoms with van der Waals surface area (Å²) in [6.45, 7) is 12.5. The fourth-order valence-electron chi connectivity index (χ4n) is 3.61. The minimum absolute atomic E-state index is 0.289. The van der Waals surface area contributed by atoms with Crippen LogP contribution in [-0.2, 0) is 4.79 Å². The van der Waals surface area contributed by atoms with Crippen LogP contribution in [0.2, 0.25) is 0 Å². The number of nitrogens with zero attached hydrogens (tertiary/aromatic N) is 2.